The van der Waals surface area contributed by atoms with Gasteiger partial charge in [0.15, 0.2) is 9.84 Å². The van der Waals surface area contributed by atoms with E-state index in [1.165, 1.54) is 12.7 Å². The van der Waals surface area contributed by atoms with Crippen LogP contribution in [0.5, 0.6) is 0 Å². The Labute approximate surface area is 126 Å². The minimum absolute atomic E-state index is 0.0417. The normalized spacial score (nSPS) is 19.6. The van der Waals surface area contributed by atoms with Gasteiger partial charge in [-0.1, -0.05) is 24.3 Å². The Bertz CT molecular complexity index is 606. The molecule has 0 N–H and O–H groups in total. The van der Waals surface area contributed by atoms with E-state index in [2.05, 4.69) is 10.8 Å². The third-order valence-electron chi connectivity index (χ3n) is 4.22. The number of rotatable bonds is 5. The van der Waals surface area contributed by atoms with E-state index in [0.29, 0.717) is 0 Å². The quantitative estimate of drug-likeness (QED) is 0.784. The number of hydrogen-bond acceptors (Lipinski definition) is 4. The van der Waals surface area contributed by atoms with Gasteiger partial charge in [-0.15, -0.1) is 0 Å². The fourth-order valence-corrected chi connectivity index (χ4v) is 4.54. The first-order chi connectivity index (χ1) is 9.94. The summed E-state index contributed by atoms with van der Waals surface area (Å²) in [5.41, 5.74) is 2.40. The zero-order valence-electron chi connectivity index (χ0n) is 12.5. The molecule has 1 aliphatic rings. The predicted octanol–water partition coefficient (Wildman–Crippen LogP) is 2.47. The molecule has 2 rings (SSSR count). The Kier molecular flexibility index (Phi) is 5.04. The number of fused-ring (bicyclic) bond motifs is 1. The van der Waals surface area contributed by atoms with Gasteiger partial charge in [0.05, 0.1) is 24.5 Å². The molecule has 0 aromatic heterocycles. The average Bonchev–Trinajstić information content (AvgIpc) is 2.47. The maximum absolute atomic E-state index is 12.5. The van der Waals surface area contributed by atoms with E-state index in [9.17, 15) is 13.2 Å². The molecular weight excluding hydrogens is 288 g/mol. The lowest BCUT2D eigenvalue weighted by Gasteiger charge is -2.26. The highest BCUT2D eigenvalue weighted by molar-refractivity contribution is 7.92. The molecule has 0 saturated heterocycles. The number of aryl methyl sites for hydroxylation is 1. The Morgan fingerprint density at radius 3 is 2.81 bits per heavy atom. The number of carbonyl (C=O) groups excluding carboxylic acids is 1. The van der Waals surface area contributed by atoms with E-state index in [0.717, 1.165) is 24.8 Å². The summed E-state index contributed by atoms with van der Waals surface area (Å²) in [7, 11) is -2.03. The van der Waals surface area contributed by atoms with Gasteiger partial charge in [-0.25, -0.2) is 8.42 Å². The Balaban J connectivity index is 2.13. The van der Waals surface area contributed by atoms with Crippen molar-refractivity contribution in [2.45, 2.75) is 43.8 Å². The van der Waals surface area contributed by atoms with Crippen molar-refractivity contribution in [2.75, 3.05) is 12.9 Å². The monoisotopic (exact) mass is 310 g/mol. The zero-order valence-corrected chi connectivity index (χ0v) is 13.4. The second-order valence-corrected chi connectivity index (χ2v) is 8.17. The number of ether oxygens (including phenoxy) is 1. The summed E-state index contributed by atoms with van der Waals surface area (Å²) in [5, 5.41) is -0.695. The summed E-state index contributed by atoms with van der Waals surface area (Å²) in [6.45, 7) is 1.58. The van der Waals surface area contributed by atoms with Crippen LogP contribution in [0.25, 0.3) is 0 Å². The number of benzene rings is 1. The fraction of sp³-hybridized carbons (Fsp3) is 0.562. The molecule has 4 nitrogen and oxygen atoms in total. The van der Waals surface area contributed by atoms with Crippen molar-refractivity contribution >= 4 is 15.8 Å². The van der Waals surface area contributed by atoms with Crippen LogP contribution in [0, 0.1) is 0 Å². The van der Waals surface area contributed by atoms with Gasteiger partial charge >= 0.3 is 5.97 Å². The van der Waals surface area contributed by atoms with E-state index in [1.54, 1.807) is 6.92 Å². The number of carbonyl (C=O) groups is 1. The van der Waals surface area contributed by atoms with Gasteiger partial charge in [0, 0.05) is 0 Å². The van der Waals surface area contributed by atoms with E-state index >= 15 is 0 Å². The summed E-state index contributed by atoms with van der Waals surface area (Å²) >= 11 is 0. The molecule has 0 radical (unpaired) electrons. The lowest BCUT2D eigenvalue weighted by molar-refractivity contribution is -0.140. The second-order valence-electron chi connectivity index (χ2n) is 5.71. The molecular formula is C16H22O4S. The molecule has 21 heavy (non-hydrogen) atoms. The number of esters is 1. The van der Waals surface area contributed by atoms with Gasteiger partial charge in [0.25, 0.3) is 0 Å². The molecule has 0 saturated carbocycles. The van der Waals surface area contributed by atoms with Crippen LogP contribution in [-0.2, 0) is 25.8 Å². The first-order valence-electron chi connectivity index (χ1n) is 7.30. The summed E-state index contributed by atoms with van der Waals surface area (Å²) in [5.74, 6) is -0.322. The van der Waals surface area contributed by atoms with Crippen LogP contribution in [0.1, 0.15) is 43.2 Å². The molecule has 0 spiro atoms. The van der Waals surface area contributed by atoms with E-state index in [-0.39, 0.29) is 18.1 Å². The van der Waals surface area contributed by atoms with E-state index in [1.807, 2.05) is 18.2 Å². The van der Waals surface area contributed by atoms with Crippen LogP contribution in [0.3, 0.4) is 0 Å². The predicted molar refractivity (Wildman–Crippen MR) is 82.0 cm³/mol. The maximum atomic E-state index is 12.5. The van der Waals surface area contributed by atoms with Crippen LogP contribution in [0.15, 0.2) is 24.3 Å². The average molecular weight is 310 g/mol. The number of hydrogen-bond donors (Lipinski definition) is 0. The van der Waals surface area contributed by atoms with Crippen molar-refractivity contribution in [3.05, 3.63) is 35.4 Å². The number of methoxy groups -OCH3 is 1. The summed E-state index contributed by atoms with van der Waals surface area (Å²) < 4.78 is 29.5. The highest BCUT2D eigenvalue weighted by Gasteiger charge is 2.30. The van der Waals surface area contributed by atoms with Crippen LogP contribution >= 0.6 is 0 Å². The molecule has 1 aliphatic carbocycles. The SMILES string of the molecule is COC(=O)CC(C)S(=O)(=O)CC1CCCc2ccccc21. The highest BCUT2D eigenvalue weighted by atomic mass is 32.2. The summed E-state index contributed by atoms with van der Waals surface area (Å²) in [4.78, 5) is 11.3. The van der Waals surface area contributed by atoms with Gasteiger partial charge in [0.2, 0.25) is 0 Å². The largest absolute Gasteiger partial charge is 0.469 e. The minimum Gasteiger partial charge on any atom is -0.469 e. The minimum atomic E-state index is -3.31. The highest BCUT2D eigenvalue weighted by Crippen LogP contribution is 2.33. The van der Waals surface area contributed by atoms with Gasteiger partial charge in [0.1, 0.15) is 0 Å². The Morgan fingerprint density at radius 1 is 1.38 bits per heavy atom. The van der Waals surface area contributed by atoms with Gasteiger partial charge < -0.3 is 4.74 Å². The van der Waals surface area contributed by atoms with E-state index < -0.39 is 21.1 Å². The van der Waals surface area contributed by atoms with Crippen LogP contribution < -0.4 is 0 Å². The van der Waals surface area contributed by atoms with Gasteiger partial charge in [-0.2, -0.15) is 0 Å². The molecule has 0 amide bonds. The third-order valence-corrected chi connectivity index (χ3v) is 6.48. The maximum Gasteiger partial charge on any atom is 0.306 e. The van der Waals surface area contributed by atoms with Crippen molar-refractivity contribution in [1.82, 2.24) is 0 Å². The second kappa shape index (κ2) is 6.60. The first-order valence-corrected chi connectivity index (χ1v) is 9.01. The molecule has 0 bridgehead atoms. The molecule has 2 atom stereocenters. The van der Waals surface area contributed by atoms with Crippen molar-refractivity contribution in [1.29, 1.82) is 0 Å². The Hall–Kier alpha value is -1.36. The Morgan fingerprint density at radius 2 is 2.10 bits per heavy atom. The van der Waals surface area contributed by atoms with Crippen molar-refractivity contribution in [2.24, 2.45) is 0 Å². The fourth-order valence-electron chi connectivity index (χ4n) is 2.92. The molecule has 116 valence electrons. The summed E-state index contributed by atoms with van der Waals surface area (Å²) in [6, 6.07) is 8.06. The molecule has 1 aromatic carbocycles. The smallest absolute Gasteiger partial charge is 0.306 e. The molecule has 2 unspecified atom stereocenters. The van der Waals surface area contributed by atoms with Crippen molar-refractivity contribution in [3.63, 3.8) is 0 Å². The molecule has 0 fully saturated rings. The lowest BCUT2D eigenvalue weighted by Crippen LogP contribution is -2.28. The first kappa shape index (κ1) is 16.0. The van der Waals surface area contributed by atoms with Crippen molar-refractivity contribution < 1.29 is 17.9 Å². The molecule has 5 heteroatoms. The lowest BCUT2D eigenvalue weighted by atomic mass is 9.84. The van der Waals surface area contributed by atoms with E-state index in [4.69, 9.17) is 0 Å². The van der Waals surface area contributed by atoms with Crippen LogP contribution in [0.4, 0.5) is 0 Å². The van der Waals surface area contributed by atoms with Crippen molar-refractivity contribution in [3.8, 4) is 0 Å². The van der Waals surface area contributed by atoms with Gasteiger partial charge in [-0.3, -0.25) is 4.79 Å². The topological polar surface area (TPSA) is 60.4 Å². The summed E-state index contributed by atoms with van der Waals surface area (Å²) in [6.07, 6.45) is 2.85. The van der Waals surface area contributed by atoms with Crippen LogP contribution in [-0.4, -0.2) is 32.5 Å². The standard InChI is InChI=1S/C16H22O4S/c1-12(10-16(17)20-2)21(18,19)11-14-8-5-7-13-6-3-4-9-15(13)14/h3-4,6,9,12,14H,5,7-8,10-11H2,1-2H3. The van der Waals surface area contributed by atoms with Gasteiger partial charge in [-0.05, 0) is 43.2 Å². The zero-order chi connectivity index (χ0) is 15.5. The molecule has 0 aliphatic heterocycles. The van der Waals surface area contributed by atoms with Crippen LogP contribution in [0.2, 0.25) is 0 Å². The molecule has 1 aromatic rings. The molecule has 0 heterocycles. The third kappa shape index (κ3) is 3.84. The number of sulfone groups is 1.